The predicted octanol–water partition coefficient (Wildman–Crippen LogP) is 2.64. The molecule has 4 heteroatoms. The Morgan fingerprint density at radius 1 is 1.11 bits per heavy atom. The van der Waals surface area contributed by atoms with E-state index in [9.17, 15) is 5.11 Å². The second-order valence-corrected chi connectivity index (χ2v) is 4.50. The number of benzene rings is 1. The molecule has 0 aliphatic rings. The van der Waals surface area contributed by atoms with E-state index in [1.165, 1.54) is 19.3 Å². The van der Waals surface area contributed by atoms with Crippen LogP contribution in [-0.2, 0) is 6.54 Å². The molecular formula is C15H25N3O. The van der Waals surface area contributed by atoms with Crippen molar-refractivity contribution in [1.29, 1.82) is 0 Å². The number of hydrogen-bond acceptors (Lipinski definition) is 2. The van der Waals surface area contributed by atoms with Crippen LogP contribution in [0.2, 0.25) is 0 Å². The van der Waals surface area contributed by atoms with E-state index in [0.717, 1.165) is 24.6 Å². The number of aromatic hydroxyl groups is 1. The Balaban J connectivity index is 2.45. The maximum atomic E-state index is 9.22. The number of phenolic OH excluding ortho intramolecular Hbond substituents is 1. The summed E-state index contributed by atoms with van der Waals surface area (Å²) in [6, 6.07) is 7.15. The summed E-state index contributed by atoms with van der Waals surface area (Å²) in [5, 5.41) is 15.8. The predicted molar refractivity (Wildman–Crippen MR) is 80.5 cm³/mol. The fourth-order valence-corrected chi connectivity index (χ4v) is 1.70. The maximum absolute atomic E-state index is 9.22. The molecule has 1 aromatic carbocycles. The van der Waals surface area contributed by atoms with Crippen LogP contribution in [0.1, 0.15) is 38.7 Å². The molecule has 0 aromatic heterocycles. The number of rotatable bonds is 7. The van der Waals surface area contributed by atoms with Gasteiger partial charge in [0.25, 0.3) is 0 Å². The third-order valence-electron chi connectivity index (χ3n) is 2.77. The summed E-state index contributed by atoms with van der Waals surface area (Å²) in [4.78, 5) is 4.52. The first kappa shape index (κ1) is 15.3. The van der Waals surface area contributed by atoms with Gasteiger partial charge in [-0.3, -0.25) is 0 Å². The molecule has 0 saturated carbocycles. The quantitative estimate of drug-likeness (QED) is 0.403. The highest BCUT2D eigenvalue weighted by Gasteiger charge is 1.97. The lowest BCUT2D eigenvalue weighted by molar-refractivity contribution is 0.475. The zero-order valence-corrected chi connectivity index (χ0v) is 11.9. The molecule has 106 valence electrons. The number of unbranched alkanes of at least 4 members (excludes halogenated alkanes) is 2. The monoisotopic (exact) mass is 263 g/mol. The largest absolute Gasteiger partial charge is 0.508 e. The third kappa shape index (κ3) is 6.70. The van der Waals surface area contributed by atoms with Crippen molar-refractivity contribution in [3.8, 4) is 5.75 Å². The summed E-state index contributed by atoms with van der Waals surface area (Å²) in [5.74, 6) is 1.14. The van der Waals surface area contributed by atoms with Crippen molar-refractivity contribution >= 4 is 5.96 Å². The highest BCUT2D eigenvalue weighted by Crippen LogP contribution is 2.10. The lowest BCUT2D eigenvalue weighted by Crippen LogP contribution is -2.37. The van der Waals surface area contributed by atoms with Crippen LogP contribution in [0.5, 0.6) is 5.75 Å². The summed E-state index contributed by atoms with van der Waals surface area (Å²) in [6.45, 7) is 6.68. The minimum absolute atomic E-state index is 0.289. The normalized spacial score (nSPS) is 11.4. The van der Waals surface area contributed by atoms with Gasteiger partial charge in [-0.1, -0.05) is 31.9 Å². The van der Waals surface area contributed by atoms with E-state index >= 15 is 0 Å². The van der Waals surface area contributed by atoms with Crippen molar-refractivity contribution in [2.45, 2.75) is 39.7 Å². The van der Waals surface area contributed by atoms with Gasteiger partial charge in [-0.25, -0.2) is 4.99 Å². The summed E-state index contributed by atoms with van der Waals surface area (Å²) in [7, 11) is 0. The topological polar surface area (TPSA) is 56.7 Å². The van der Waals surface area contributed by atoms with Crippen molar-refractivity contribution < 1.29 is 5.11 Å². The highest BCUT2D eigenvalue weighted by molar-refractivity contribution is 5.79. The van der Waals surface area contributed by atoms with Gasteiger partial charge >= 0.3 is 0 Å². The average molecular weight is 263 g/mol. The first-order chi connectivity index (χ1) is 9.26. The van der Waals surface area contributed by atoms with Crippen LogP contribution in [0.4, 0.5) is 0 Å². The molecule has 4 nitrogen and oxygen atoms in total. The van der Waals surface area contributed by atoms with E-state index in [4.69, 9.17) is 0 Å². The van der Waals surface area contributed by atoms with Gasteiger partial charge in [0.05, 0.1) is 6.54 Å². The van der Waals surface area contributed by atoms with E-state index in [0.29, 0.717) is 6.54 Å². The molecule has 0 saturated heterocycles. The van der Waals surface area contributed by atoms with Crippen LogP contribution in [-0.4, -0.2) is 24.2 Å². The zero-order chi connectivity index (χ0) is 13.9. The molecular weight excluding hydrogens is 238 g/mol. The standard InChI is InChI=1S/C15H25N3O/c1-3-5-6-11-17-15(16-4-2)18-12-13-7-9-14(19)10-8-13/h7-10,19H,3-6,11-12H2,1-2H3,(H2,16,17,18). The molecule has 3 N–H and O–H groups in total. The molecule has 0 unspecified atom stereocenters. The van der Waals surface area contributed by atoms with Gasteiger partial charge in [0.2, 0.25) is 0 Å². The lowest BCUT2D eigenvalue weighted by atomic mass is 10.2. The number of hydrogen-bond donors (Lipinski definition) is 3. The van der Waals surface area contributed by atoms with Crippen molar-refractivity contribution in [3.63, 3.8) is 0 Å². The van der Waals surface area contributed by atoms with E-state index in [1.807, 2.05) is 12.1 Å². The molecule has 0 radical (unpaired) electrons. The Morgan fingerprint density at radius 3 is 2.47 bits per heavy atom. The highest BCUT2D eigenvalue weighted by atomic mass is 16.3. The van der Waals surface area contributed by atoms with Gasteiger partial charge in [0.15, 0.2) is 5.96 Å². The van der Waals surface area contributed by atoms with Gasteiger partial charge in [0.1, 0.15) is 5.75 Å². The zero-order valence-electron chi connectivity index (χ0n) is 11.9. The summed E-state index contributed by atoms with van der Waals surface area (Å²) >= 11 is 0. The second-order valence-electron chi connectivity index (χ2n) is 4.50. The Labute approximate surface area is 116 Å². The molecule has 0 heterocycles. The summed E-state index contributed by atoms with van der Waals surface area (Å²) in [5.41, 5.74) is 1.09. The van der Waals surface area contributed by atoms with Crippen LogP contribution in [0, 0.1) is 0 Å². The molecule has 0 aliphatic heterocycles. The first-order valence-electron chi connectivity index (χ1n) is 7.06. The van der Waals surface area contributed by atoms with Crippen LogP contribution in [0.25, 0.3) is 0 Å². The fourth-order valence-electron chi connectivity index (χ4n) is 1.70. The number of nitrogens with zero attached hydrogens (tertiary/aromatic N) is 1. The van der Waals surface area contributed by atoms with Gasteiger partial charge < -0.3 is 15.7 Å². The SMILES string of the molecule is CCCCCNC(=NCc1ccc(O)cc1)NCC. The molecule has 0 aliphatic carbocycles. The van der Waals surface area contributed by atoms with E-state index in [-0.39, 0.29) is 5.75 Å². The van der Waals surface area contributed by atoms with E-state index in [2.05, 4.69) is 29.5 Å². The molecule has 19 heavy (non-hydrogen) atoms. The van der Waals surface area contributed by atoms with Crippen molar-refractivity contribution in [2.24, 2.45) is 4.99 Å². The van der Waals surface area contributed by atoms with Crippen molar-refractivity contribution in [1.82, 2.24) is 10.6 Å². The molecule has 0 atom stereocenters. The van der Waals surface area contributed by atoms with Crippen LogP contribution < -0.4 is 10.6 Å². The third-order valence-corrected chi connectivity index (χ3v) is 2.77. The van der Waals surface area contributed by atoms with Gasteiger partial charge in [0, 0.05) is 13.1 Å². The Bertz CT molecular complexity index is 373. The van der Waals surface area contributed by atoms with Gasteiger partial charge in [-0.05, 0) is 31.0 Å². The molecule has 0 fully saturated rings. The Kier molecular flexibility index (Phi) is 7.47. The first-order valence-corrected chi connectivity index (χ1v) is 7.06. The van der Waals surface area contributed by atoms with Gasteiger partial charge in [-0.2, -0.15) is 0 Å². The average Bonchev–Trinajstić information content (AvgIpc) is 2.42. The number of aliphatic imine (C=N–C) groups is 1. The molecule has 0 spiro atoms. The Hall–Kier alpha value is -1.71. The van der Waals surface area contributed by atoms with Crippen LogP contribution >= 0.6 is 0 Å². The van der Waals surface area contributed by atoms with Crippen molar-refractivity contribution in [3.05, 3.63) is 29.8 Å². The maximum Gasteiger partial charge on any atom is 0.191 e. The van der Waals surface area contributed by atoms with E-state index in [1.54, 1.807) is 12.1 Å². The molecule has 1 aromatic rings. The fraction of sp³-hybridized carbons (Fsp3) is 0.533. The summed E-state index contributed by atoms with van der Waals surface area (Å²) < 4.78 is 0. The molecule has 1 rings (SSSR count). The summed E-state index contributed by atoms with van der Waals surface area (Å²) in [6.07, 6.45) is 3.63. The van der Waals surface area contributed by atoms with Gasteiger partial charge in [-0.15, -0.1) is 0 Å². The van der Waals surface area contributed by atoms with E-state index < -0.39 is 0 Å². The molecule has 0 amide bonds. The minimum Gasteiger partial charge on any atom is -0.508 e. The molecule has 0 bridgehead atoms. The lowest BCUT2D eigenvalue weighted by Gasteiger charge is -2.11. The number of phenols is 1. The number of guanidine groups is 1. The minimum atomic E-state index is 0.289. The second kappa shape index (κ2) is 9.25. The Morgan fingerprint density at radius 2 is 1.84 bits per heavy atom. The van der Waals surface area contributed by atoms with Crippen LogP contribution in [0.15, 0.2) is 29.3 Å². The number of nitrogens with one attached hydrogen (secondary N) is 2. The van der Waals surface area contributed by atoms with Crippen molar-refractivity contribution in [2.75, 3.05) is 13.1 Å². The smallest absolute Gasteiger partial charge is 0.191 e. The van der Waals surface area contributed by atoms with Crippen LogP contribution in [0.3, 0.4) is 0 Å².